The number of pyridine rings is 1. The number of aromatic nitrogens is 1. The molecule has 0 atom stereocenters. The Morgan fingerprint density at radius 2 is 2.05 bits per heavy atom. The van der Waals surface area contributed by atoms with E-state index in [4.69, 9.17) is 14.6 Å². The van der Waals surface area contributed by atoms with E-state index in [0.29, 0.717) is 18.1 Å². The highest BCUT2D eigenvalue weighted by molar-refractivity contribution is 6.06. The molecule has 0 spiro atoms. The topological polar surface area (TPSA) is 101 Å². The lowest BCUT2D eigenvalue weighted by atomic mass is 10.1. The predicted molar refractivity (Wildman–Crippen MR) is 68.4 cm³/mol. The number of carbonyl (C=O) groups excluding carboxylic acids is 1. The average molecular weight is 273 g/mol. The van der Waals surface area contributed by atoms with Crippen molar-refractivity contribution in [2.45, 2.75) is 6.42 Å². The van der Waals surface area contributed by atoms with E-state index in [2.05, 4.69) is 4.98 Å². The SMILES string of the molecule is O=C(O)/C(O)=C/C(=O)c1occc1Cc1ccccn1. The summed E-state index contributed by atoms with van der Waals surface area (Å²) < 4.78 is 5.05. The van der Waals surface area contributed by atoms with Crippen LogP contribution in [0.2, 0.25) is 0 Å². The summed E-state index contributed by atoms with van der Waals surface area (Å²) in [5.41, 5.74) is 1.32. The smallest absolute Gasteiger partial charge is 0.371 e. The number of aliphatic hydroxyl groups excluding tert-OH is 1. The van der Waals surface area contributed by atoms with Crippen molar-refractivity contribution in [3.8, 4) is 0 Å². The third kappa shape index (κ3) is 3.11. The van der Waals surface area contributed by atoms with Gasteiger partial charge in [0.05, 0.1) is 6.26 Å². The Balaban J connectivity index is 2.23. The molecule has 0 amide bonds. The van der Waals surface area contributed by atoms with Crippen molar-refractivity contribution in [2.75, 3.05) is 0 Å². The number of aliphatic hydroxyl groups is 1. The molecule has 0 aromatic carbocycles. The maximum atomic E-state index is 11.8. The van der Waals surface area contributed by atoms with E-state index in [1.54, 1.807) is 24.4 Å². The van der Waals surface area contributed by atoms with Crippen LogP contribution in [0.4, 0.5) is 0 Å². The van der Waals surface area contributed by atoms with Gasteiger partial charge in [0.2, 0.25) is 11.5 Å². The van der Waals surface area contributed by atoms with Crippen LogP contribution in [-0.2, 0) is 11.2 Å². The fraction of sp³-hybridized carbons (Fsp3) is 0.0714. The first-order chi connectivity index (χ1) is 9.58. The Hall–Kier alpha value is -2.89. The fourth-order valence-electron chi connectivity index (χ4n) is 1.64. The zero-order chi connectivity index (χ0) is 14.5. The Labute approximate surface area is 114 Å². The summed E-state index contributed by atoms with van der Waals surface area (Å²) in [6, 6.07) is 7.00. The molecular formula is C14H11NO5. The van der Waals surface area contributed by atoms with Gasteiger partial charge < -0.3 is 14.6 Å². The van der Waals surface area contributed by atoms with E-state index in [-0.39, 0.29) is 5.76 Å². The Morgan fingerprint density at radius 3 is 2.70 bits per heavy atom. The van der Waals surface area contributed by atoms with Gasteiger partial charge >= 0.3 is 5.97 Å². The summed E-state index contributed by atoms with van der Waals surface area (Å²) in [5.74, 6) is -3.32. The molecule has 2 N–H and O–H groups in total. The van der Waals surface area contributed by atoms with E-state index in [1.165, 1.54) is 6.26 Å². The molecule has 2 aromatic rings. The number of carboxylic acid groups (broad SMARTS) is 1. The van der Waals surface area contributed by atoms with Crippen LogP contribution in [0.5, 0.6) is 0 Å². The standard InChI is InChI=1S/C14H11NO5/c16-11(8-12(17)14(18)19)13-9(4-6-20-13)7-10-3-1-2-5-15-10/h1-6,8,17H,7H2,(H,18,19)/b12-8-. The van der Waals surface area contributed by atoms with Gasteiger partial charge in [-0.3, -0.25) is 9.78 Å². The summed E-state index contributed by atoms with van der Waals surface area (Å²) in [4.78, 5) is 26.4. The minimum Gasteiger partial charge on any atom is -0.502 e. The van der Waals surface area contributed by atoms with Crippen LogP contribution in [0, 0.1) is 0 Å². The molecule has 2 rings (SSSR count). The molecular weight excluding hydrogens is 262 g/mol. The van der Waals surface area contributed by atoms with Gasteiger partial charge in [0.15, 0.2) is 5.76 Å². The van der Waals surface area contributed by atoms with Gasteiger partial charge in [0.25, 0.3) is 0 Å². The lowest BCUT2D eigenvalue weighted by Gasteiger charge is -2.00. The van der Waals surface area contributed by atoms with E-state index >= 15 is 0 Å². The molecule has 0 bridgehead atoms. The number of allylic oxidation sites excluding steroid dienone is 1. The van der Waals surface area contributed by atoms with Gasteiger partial charge in [0, 0.05) is 30.0 Å². The van der Waals surface area contributed by atoms with Gasteiger partial charge in [-0.2, -0.15) is 0 Å². The molecule has 2 aromatic heterocycles. The molecule has 6 nitrogen and oxygen atoms in total. The largest absolute Gasteiger partial charge is 0.502 e. The molecule has 20 heavy (non-hydrogen) atoms. The molecule has 0 saturated heterocycles. The van der Waals surface area contributed by atoms with Crippen LogP contribution in [0.3, 0.4) is 0 Å². The molecule has 0 aliphatic heterocycles. The minimum absolute atomic E-state index is 0.0107. The van der Waals surface area contributed by atoms with Crippen LogP contribution in [0.1, 0.15) is 21.8 Å². The van der Waals surface area contributed by atoms with Gasteiger partial charge in [-0.15, -0.1) is 0 Å². The van der Waals surface area contributed by atoms with E-state index in [0.717, 1.165) is 5.69 Å². The van der Waals surface area contributed by atoms with Crippen molar-refractivity contribution in [1.29, 1.82) is 0 Å². The second-order valence-electron chi connectivity index (χ2n) is 3.97. The van der Waals surface area contributed by atoms with E-state index in [9.17, 15) is 9.59 Å². The summed E-state index contributed by atoms with van der Waals surface area (Å²) in [6.45, 7) is 0. The van der Waals surface area contributed by atoms with Crippen LogP contribution in [0.15, 0.2) is 53.0 Å². The Kier molecular flexibility index (Phi) is 3.95. The van der Waals surface area contributed by atoms with Gasteiger partial charge in [-0.05, 0) is 18.2 Å². The maximum Gasteiger partial charge on any atom is 0.371 e. The van der Waals surface area contributed by atoms with Crippen molar-refractivity contribution in [3.63, 3.8) is 0 Å². The minimum atomic E-state index is -1.57. The molecule has 0 saturated carbocycles. The average Bonchev–Trinajstić information content (AvgIpc) is 2.88. The first-order valence-corrected chi connectivity index (χ1v) is 5.72. The van der Waals surface area contributed by atoms with Crippen LogP contribution >= 0.6 is 0 Å². The zero-order valence-corrected chi connectivity index (χ0v) is 10.3. The van der Waals surface area contributed by atoms with E-state index < -0.39 is 17.5 Å². The number of carboxylic acids is 1. The third-order valence-electron chi connectivity index (χ3n) is 2.56. The van der Waals surface area contributed by atoms with Crippen LogP contribution in [0.25, 0.3) is 0 Å². The van der Waals surface area contributed by atoms with Crippen LogP contribution in [-0.4, -0.2) is 26.9 Å². The number of carbonyl (C=O) groups is 2. The van der Waals surface area contributed by atoms with Crippen molar-refractivity contribution in [2.24, 2.45) is 0 Å². The fourth-order valence-corrected chi connectivity index (χ4v) is 1.64. The van der Waals surface area contributed by atoms with Gasteiger partial charge in [-0.25, -0.2) is 4.79 Å². The molecule has 0 unspecified atom stereocenters. The number of rotatable bonds is 5. The van der Waals surface area contributed by atoms with Crippen molar-refractivity contribution < 1.29 is 24.2 Å². The van der Waals surface area contributed by atoms with Gasteiger partial charge in [0.1, 0.15) is 0 Å². The predicted octanol–water partition coefficient (Wildman–Crippen LogP) is 1.97. The van der Waals surface area contributed by atoms with Crippen molar-refractivity contribution >= 4 is 11.8 Å². The molecule has 6 heteroatoms. The second kappa shape index (κ2) is 5.83. The number of nitrogens with zero attached hydrogens (tertiary/aromatic N) is 1. The normalized spacial score (nSPS) is 11.3. The maximum absolute atomic E-state index is 11.8. The number of ketones is 1. The highest BCUT2D eigenvalue weighted by Crippen LogP contribution is 2.16. The van der Waals surface area contributed by atoms with Crippen molar-refractivity contribution in [3.05, 3.63) is 65.6 Å². The summed E-state index contributed by atoms with van der Waals surface area (Å²) >= 11 is 0. The zero-order valence-electron chi connectivity index (χ0n) is 10.3. The molecule has 102 valence electrons. The third-order valence-corrected chi connectivity index (χ3v) is 2.56. The lowest BCUT2D eigenvalue weighted by Crippen LogP contribution is -2.05. The molecule has 0 radical (unpaired) electrons. The number of furan rings is 1. The first kappa shape index (κ1) is 13.5. The summed E-state index contributed by atoms with van der Waals surface area (Å²) in [5, 5.41) is 17.6. The number of hydrogen-bond acceptors (Lipinski definition) is 5. The summed E-state index contributed by atoms with van der Waals surface area (Å²) in [7, 11) is 0. The molecule has 2 heterocycles. The molecule has 0 aliphatic rings. The number of aliphatic carboxylic acids is 1. The van der Waals surface area contributed by atoms with Crippen molar-refractivity contribution in [1.82, 2.24) is 4.98 Å². The van der Waals surface area contributed by atoms with E-state index in [1.807, 2.05) is 6.07 Å². The Morgan fingerprint density at radius 1 is 1.25 bits per heavy atom. The lowest BCUT2D eigenvalue weighted by molar-refractivity contribution is -0.135. The molecule has 0 aliphatic carbocycles. The second-order valence-corrected chi connectivity index (χ2v) is 3.97. The molecule has 0 fully saturated rings. The first-order valence-electron chi connectivity index (χ1n) is 5.72. The highest BCUT2D eigenvalue weighted by Gasteiger charge is 2.16. The highest BCUT2D eigenvalue weighted by atomic mass is 16.4. The van der Waals surface area contributed by atoms with Gasteiger partial charge in [-0.1, -0.05) is 6.07 Å². The van der Waals surface area contributed by atoms with Crippen LogP contribution < -0.4 is 0 Å². The monoisotopic (exact) mass is 273 g/mol. The Bertz CT molecular complexity index is 657. The quantitative estimate of drug-likeness (QED) is 0.490. The number of hydrogen-bond donors (Lipinski definition) is 2. The summed E-state index contributed by atoms with van der Waals surface area (Å²) in [6.07, 6.45) is 3.95.